The van der Waals surface area contributed by atoms with Gasteiger partial charge in [-0.15, -0.1) is 0 Å². The number of hydrogen-bond donors (Lipinski definition) is 3. The van der Waals surface area contributed by atoms with Gasteiger partial charge in [-0.2, -0.15) is 0 Å². The smallest absolute Gasteiger partial charge is 0.305 e. The van der Waals surface area contributed by atoms with Crippen LogP contribution in [0.25, 0.3) is 0 Å². The molecule has 0 bridgehead atoms. The van der Waals surface area contributed by atoms with E-state index in [9.17, 15) is 19.8 Å². The summed E-state index contributed by atoms with van der Waals surface area (Å²) in [6, 6.07) is -0.542. The van der Waals surface area contributed by atoms with Crippen molar-refractivity contribution in [3.05, 3.63) is 24.3 Å². The van der Waals surface area contributed by atoms with Crippen LogP contribution in [0.3, 0.4) is 0 Å². The maximum atomic E-state index is 12.6. The minimum atomic E-state index is -0.665. The summed E-state index contributed by atoms with van der Waals surface area (Å²) in [6.45, 7) is 5.00. The van der Waals surface area contributed by atoms with Crippen molar-refractivity contribution in [1.29, 1.82) is 0 Å². The van der Waals surface area contributed by atoms with Gasteiger partial charge in [-0.25, -0.2) is 0 Å². The van der Waals surface area contributed by atoms with E-state index in [0.717, 1.165) is 44.9 Å². The van der Waals surface area contributed by atoms with Crippen LogP contribution in [0.15, 0.2) is 24.3 Å². The van der Waals surface area contributed by atoms with Crippen molar-refractivity contribution in [2.45, 2.75) is 437 Å². The van der Waals surface area contributed by atoms with Crippen LogP contribution in [-0.4, -0.2) is 47.4 Å². The molecule has 0 aromatic heterocycles. The van der Waals surface area contributed by atoms with Crippen molar-refractivity contribution in [2.24, 2.45) is 0 Å². The molecular formula is C76H147NO5. The number of aliphatic hydroxyl groups is 2. The normalized spacial score (nSPS) is 12.6. The molecule has 6 nitrogen and oxygen atoms in total. The van der Waals surface area contributed by atoms with E-state index in [-0.39, 0.29) is 18.5 Å². The lowest BCUT2D eigenvalue weighted by atomic mass is 10.0. The monoisotopic (exact) mass is 1150 g/mol. The number of nitrogens with one attached hydrogen (secondary N) is 1. The van der Waals surface area contributed by atoms with Gasteiger partial charge in [0.15, 0.2) is 0 Å². The predicted molar refractivity (Wildman–Crippen MR) is 361 cm³/mol. The van der Waals surface area contributed by atoms with E-state index in [1.54, 1.807) is 0 Å². The molecule has 1 amide bonds. The molecule has 2 atom stereocenters. The number of hydrogen-bond acceptors (Lipinski definition) is 5. The molecule has 0 aromatic rings. The van der Waals surface area contributed by atoms with Crippen molar-refractivity contribution in [3.8, 4) is 0 Å². The summed E-state index contributed by atoms with van der Waals surface area (Å²) in [4.78, 5) is 24.6. The molecule has 0 spiro atoms. The largest absolute Gasteiger partial charge is 0.466 e. The molecule has 0 radical (unpaired) electrons. The molecule has 486 valence electrons. The van der Waals surface area contributed by atoms with Gasteiger partial charge in [0.05, 0.1) is 25.4 Å². The minimum absolute atomic E-state index is 0.0156. The molecule has 0 rings (SSSR count). The lowest BCUT2D eigenvalue weighted by Crippen LogP contribution is -2.45. The first-order valence-corrected chi connectivity index (χ1v) is 37.6. The fourth-order valence-corrected chi connectivity index (χ4v) is 12.0. The highest BCUT2D eigenvalue weighted by molar-refractivity contribution is 5.76. The zero-order valence-electron chi connectivity index (χ0n) is 55.8. The van der Waals surface area contributed by atoms with Crippen molar-refractivity contribution in [1.82, 2.24) is 5.32 Å². The Balaban J connectivity index is 3.39. The second kappa shape index (κ2) is 71.8. The van der Waals surface area contributed by atoms with Gasteiger partial charge >= 0.3 is 5.97 Å². The lowest BCUT2D eigenvalue weighted by molar-refractivity contribution is -0.143. The predicted octanol–water partition coefficient (Wildman–Crippen LogP) is 24.5. The second-order valence-corrected chi connectivity index (χ2v) is 26.0. The zero-order chi connectivity index (χ0) is 59.2. The fraction of sp³-hybridized carbons (Fsp3) is 0.921. The van der Waals surface area contributed by atoms with E-state index in [0.29, 0.717) is 25.9 Å². The Bertz CT molecular complexity index is 1280. The van der Waals surface area contributed by atoms with Crippen LogP contribution in [-0.2, 0) is 14.3 Å². The van der Waals surface area contributed by atoms with E-state index in [4.69, 9.17) is 4.74 Å². The summed E-state index contributed by atoms with van der Waals surface area (Å²) in [6.07, 6.45) is 91.0. The van der Waals surface area contributed by atoms with Gasteiger partial charge < -0.3 is 20.3 Å². The first-order chi connectivity index (χ1) is 40.5. The third-order valence-electron chi connectivity index (χ3n) is 17.8. The first kappa shape index (κ1) is 80.3. The van der Waals surface area contributed by atoms with Gasteiger partial charge in [-0.05, 0) is 57.8 Å². The number of aliphatic hydroxyl groups excluding tert-OH is 2. The topological polar surface area (TPSA) is 95.9 Å². The van der Waals surface area contributed by atoms with Crippen LogP contribution in [0.4, 0.5) is 0 Å². The summed E-state index contributed by atoms with van der Waals surface area (Å²) in [5.41, 5.74) is 0. The molecule has 0 saturated carbocycles. The average molecular weight is 1160 g/mol. The quantitative estimate of drug-likeness (QED) is 0.0320. The van der Waals surface area contributed by atoms with E-state index < -0.39 is 12.1 Å². The number of rotatable bonds is 71. The van der Waals surface area contributed by atoms with Crippen molar-refractivity contribution in [3.63, 3.8) is 0 Å². The van der Waals surface area contributed by atoms with E-state index in [2.05, 4.69) is 43.5 Å². The van der Waals surface area contributed by atoms with Crippen molar-refractivity contribution < 1.29 is 24.5 Å². The Hall–Kier alpha value is -1.66. The van der Waals surface area contributed by atoms with Gasteiger partial charge in [0, 0.05) is 12.8 Å². The highest BCUT2D eigenvalue weighted by Crippen LogP contribution is 2.19. The molecule has 0 saturated heterocycles. The zero-order valence-corrected chi connectivity index (χ0v) is 55.8. The van der Waals surface area contributed by atoms with E-state index in [1.807, 2.05) is 0 Å². The van der Waals surface area contributed by atoms with Gasteiger partial charge in [0.2, 0.25) is 5.91 Å². The Kier molecular flexibility index (Phi) is 70.4. The third kappa shape index (κ3) is 67.5. The highest BCUT2D eigenvalue weighted by Gasteiger charge is 2.20. The molecule has 0 aliphatic rings. The van der Waals surface area contributed by atoms with Crippen molar-refractivity contribution >= 4 is 11.9 Å². The van der Waals surface area contributed by atoms with Crippen LogP contribution >= 0.6 is 0 Å². The molecular weight excluding hydrogens is 1010 g/mol. The van der Waals surface area contributed by atoms with E-state index in [1.165, 1.54) is 347 Å². The number of carbonyl (C=O) groups excluding carboxylic acids is 2. The van der Waals surface area contributed by atoms with Gasteiger partial charge in [-0.1, -0.05) is 378 Å². The van der Waals surface area contributed by atoms with Crippen molar-refractivity contribution in [2.75, 3.05) is 13.2 Å². The molecule has 2 unspecified atom stereocenters. The minimum Gasteiger partial charge on any atom is -0.466 e. The summed E-state index contributed by atoms with van der Waals surface area (Å²) in [5, 5.41) is 23.4. The molecule has 0 aliphatic carbocycles. The molecule has 82 heavy (non-hydrogen) atoms. The summed E-state index contributed by atoms with van der Waals surface area (Å²) >= 11 is 0. The maximum absolute atomic E-state index is 12.6. The summed E-state index contributed by atoms with van der Waals surface area (Å²) < 4.78 is 5.49. The molecule has 6 heteroatoms. The number of carbonyl (C=O) groups is 2. The van der Waals surface area contributed by atoms with Crippen LogP contribution in [0.2, 0.25) is 0 Å². The van der Waals surface area contributed by atoms with Gasteiger partial charge in [0.1, 0.15) is 0 Å². The number of unbranched alkanes of at least 4 members (excludes halogenated alkanes) is 56. The maximum Gasteiger partial charge on any atom is 0.305 e. The Morgan fingerprint density at radius 2 is 0.610 bits per heavy atom. The number of esters is 1. The van der Waals surface area contributed by atoms with Gasteiger partial charge in [0.25, 0.3) is 0 Å². The number of allylic oxidation sites excluding steroid dienone is 4. The SMILES string of the molecule is CCCCCCCCCCCCCCCCCCCCCCCC(O)C(CO)NC(=O)CCCCCCCCCCCCCCCCC/C=C\C/C=C\CCCCCCCCCCCOC(=O)CCCCCCCCCCCCCCC. The molecule has 0 heterocycles. The molecule has 0 fully saturated rings. The Morgan fingerprint density at radius 3 is 0.927 bits per heavy atom. The fourth-order valence-electron chi connectivity index (χ4n) is 12.0. The van der Waals surface area contributed by atoms with Gasteiger partial charge in [-0.3, -0.25) is 9.59 Å². The van der Waals surface area contributed by atoms with Crippen LogP contribution in [0.5, 0.6) is 0 Å². The molecule has 0 aliphatic heterocycles. The first-order valence-electron chi connectivity index (χ1n) is 37.6. The van der Waals surface area contributed by atoms with E-state index >= 15 is 0 Å². The second-order valence-electron chi connectivity index (χ2n) is 26.0. The van der Waals surface area contributed by atoms with Crippen LogP contribution in [0, 0.1) is 0 Å². The molecule has 0 aromatic carbocycles. The summed E-state index contributed by atoms with van der Waals surface area (Å²) in [5.74, 6) is -0.0139. The highest BCUT2D eigenvalue weighted by atomic mass is 16.5. The summed E-state index contributed by atoms with van der Waals surface area (Å²) in [7, 11) is 0. The van der Waals surface area contributed by atoms with Crippen LogP contribution < -0.4 is 5.32 Å². The standard InChI is InChI=1S/C76H147NO5/c1-3-5-7-9-11-13-15-17-18-19-20-32-35-38-41-45-48-52-56-60-64-68-74(79)73(72-78)77-75(80)69-65-61-57-53-49-46-42-39-36-33-30-28-26-24-22-21-23-25-27-29-31-34-37-40-43-47-51-55-59-63-67-71-82-76(81)70-66-62-58-54-50-44-16-14-12-10-8-6-4-2/h23,25,29,31,73-74,78-79H,3-22,24,26-28,30,32-72H2,1-2H3,(H,77,80)/b25-23-,31-29-. The lowest BCUT2D eigenvalue weighted by Gasteiger charge is -2.22. The number of amides is 1. The number of ether oxygens (including phenoxy) is 1. The molecule has 3 N–H and O–H groups in total. The Morgan fingerprint density at radius 1 is 0.341 bits per heavy atom. The Labute approximate surface area is 513 Å². The average Bonchev–Trinajstić information content (AvgIpc) is 3.48. The third-order valence-corrected chi connectivity index (χ3v) is 17.8. The van der Waals surface area contributed by atoms with Crippen LogP contribution in [0.1, 0.15) is 425 Å².